The van der Waals surface area contributed by atoms with Crippen LogP contribution < -0.4 is 4.90 Å². The molecule has 126 valence electrons. The molecule has 3 rings (SSSR count). The van der Waals surface area contributed by atoms with Gasteiger partial charge in [0.05, 0.1) is 6.04 Å². The maximum Gasteiger partial charge on any atom is 0.406 e. The van der Waals surface area contributed by atoms with E-state index in [0.29, 0.717) is 19.5 Å². The van der Waals surface area contributed by atoms with E-state index in [1.807, 2.05) is 17.0 Å². The lowest BCUT2D eigenvalue weighted by Gasteiger charge is -2.38. The van der Waals surface area contributed by atoms with Crippen LogP contribution in [0.2, 0.25) is 0 Å². The molecule has 0 bridgehead atoms. The number of carbonyl (C=O) groups excluding carboxylic acids is 1. The second kappa shape index (κ2) is 6.35. The first kappa shape index (κ1) is 16.0. The summed E-state index contributed by atoms with van der Waals surface area (Å²) in [4.78, 5) is 21.3. The predicted molar refractivity (Wildman–Crippen MR) is 79.1 cm³/mol. The average molecular weight is 328 g/mol. The van der Waals surface area contributed by atoms with Crippen molar-refractivity contribution in [3.63, 3.8) is 0 Å². The van der Waals surface area contributed by atoms with Crippen LogP contribution in [0.25, 0.3) is 0 Å². The van der Waals surface area contributed by atoms with Gasteiger partial charge in [-0.25, -0.2) is 0 Å². The number of carbonyl (C=O) groups is 1. The van der Waals surface area contributed by atoms with Crippen molar-refractivity contribution in [3.8, 4) is 0 Å². The van der Waals surface area contributed by atoms with Crippen LogP contribution in [-0.4, -0.2) is 72.2 Å². The Morgan fingerprint density at radius 2 is 1.74 bits per heavy atom. The van der Waals surface area contributed by atoms with Gasteiger partial charge in [-0.2, -0.15) is 13.2 Å². The van der Waals surface area contributed by atoms with Crippen LogP contribution in [0, 0.1) is 0 Å². The fourth-order valence-corrected chi connectivity index (χ4v) is 3.28. The van der Waals surface area contributed by atoms with Crippen LogP contribution in [0.1, 0.15) is 6.42 Å². The number of pyridine rings is 1. The summed E-state index contributed by atoms with van der Waals surface area (Å²) in [6.45, 7) is 1.92. The van der Waals surface area contributed by atoms with Gasteiger partial charge in [-0.1, -0.05) is 0 Å². The first-order valence-electron chi connectivity index (χ1n) is 7.68. The number of piperazine rings is 1. The van der Waals surface area contributed by atoms with Crippen molar-refractivity contribution in [1.82, 2.24) is 14.8 Å². The van der Waals surface area contributed by atoms with Crippen molar-refractivity contribution in [2.75, 3.05) is 44.2 Å². The molecular formula is C15H19F3N4O. The van der Waals surface area contributed by atoms with Gasteiger partial charge in [0.2, 0.25) is 5.91 Å². The predicted octanol–water partition coefficient (Wildman–Crippen LogP) is 1.37. The van der Waals surface area contributed by atoms with Crippen LogP contribution in [0.15, 0.2) is 24.5 Å². The molecule has 2 aliphatic heterocycles. The zero-order valence-electron chi connectivity index (χ0n) is 12.7. The van der Waals surface area contributed by atoms with E-state index in [1.54, 1.807) is 12.4 Å². The number of alkyl halides is 3. The lowest BCUT2D eigenvalue weighted by molar-refractivity contribution is -0.159. The third-order valence-electron chi connectivity index (χ3n) is 4.42. The Kier molecular flexibility index (Phi) is 4.43. The van der Waals surface area contributed by atoms with Crippen LogP contribution in [0.5, 0.6) is 0 Å². The first-order chi connectivity index (χ1) is 10.9. The molecule has 1 unspecified atom stereocenters. The van der Waals surface area contributed by atoms with Crippen molar-refractivity contribution >= 4 is 11.6 Å². The Hall–Kier alpha value is -1.83. The zero-order chi connectivity index (χ0) is 16.4. The second-order valence-corrected chi connectivity index (χ2v) is 5.91. The van der Waals surface area contributed by atoms with Crippen molar-refractivity contribution in [2.24, 2.45) is 0 Å². The number of hydrogen-bond donors (Lipinski definition) is 0. The molecule has 0 radical (unpaired) electrons. The molecule has 1 atom stereocenters. The largest absolute Gasteiger partial charge is 0.406 e. The highest BCUT2D eigenvalue weighted by Gasteiger charge is 2.41. The van der Waals surface area contributed by atoms with Gasteiger partial charge in [0.1, 0.15) is 6.54 Å². The highest BCUT2D eigenvalue weighted by molar-refractivity contribution is 5.84. The number of nitrogens with zero attached hydrogens (tertiary/aromatic N) is 4. The van der Waals surface area contributed by atoms with Gasteiger partial charge in [0.15, 0.2) is 0 Å². The fourth-order valence-electron chi connectivity index (χ4n) is 3.28. The fraction of sp³-hybridized carbons (Fsp3) is 0.600. The minimum absolute atomic E-state index is 0.188. The maximum atomic E-state index is 12.5. The highest BCUT2D eigenvalue weighted by Crippen LogP contribution is 2.25. The summed E-state index contributed by atoms with van der Waals surface area (Å²) in [5.41, 5.74) is 1.08. The molecule has 2 saturated heterocycles. The number of amides is 1. The van der Waals surface area contributed by atoms with Crippen LogP contribution in [0.3, 0.4) is 0 Å². The number of rotatable bonds is 3. The van der Waals surface area contributed by atoms with E-state index in [9.17, 15) is 18.0 Å². The van der Waals surface area contributed by atoms with Gasteiger partial charge in [-0.15, -0.1) is 0 Å². The molecule has 3 heterocycles. The Morgan fingerprint density at radius 1 is 1.09 bits per heavy atom. The molecule has 2 fully saturated rings. The molecule has 23 heavy (non-hydrogen) atoms. The monoisotopic (exact) mass is 328 g/mol. The first-order valence-corrected chi connectivity index (χ1v) is 7.68. The van der Waals surface area contributed by atoms with E-state index in [1.165, 1.54) is 0 Å². The molecule has 5 nitrogen and oxygen atoms in total. The SMILES string of the molecule is O=C1C(N2CCN(c3ccncc3)CC2)CCN1CC(F)(F)F. The molecule has 0 spiro atoms. The normalized spacial score (nSPS) is 23.6. The van der Waals surface area contributed by atoms with E-state index in [0.717, 1.165) is 23.7 Å². The maximum absolute atomic E-state index is 12.5. The van der Waals surface area contributed by atoms with Gasteiger partial charge in [0.25, 0.3) is 0 Å². The highest BCUT2D eigenvalue weighted by atomic mass is 19.4. The molecule has 0 aliphatic carbocycles. The molecule has 1 aromatic heterocycles. The number of likely N-dealkylation sites (tertiary alicyclic amines) is 1. The third-order valence-corrected chi connectivity index (χ3v) is 4.42. The molecular weight excluding hydrogens is 309 g/mol. The van der Waals surface area contributed by atoms with Crippen molar-refractivity contribution in [3.05, 3.63) is 24.5 Å². The summed E-state index contributed by atoms with van der Waals surface area (Å²) in [5.74, 6) is -0.389. The number of halogens is 3. The summed E-state index contributed by atoms with van der Waals surface area (Å²) in [6, 6.07) is 3.46. The Morgan fingerprint density at radius 3 is 2.35 bits per heavy atom. The van der Waals surface area contributed by atoms with Crippen molar-refractivity contribution in [2.45, 2.75) is 18.6 Å². The lowest BCUT2D eigenvalue weighted by atomic mass is 10.1. The van der Waals surface area contributed by atoms with Crippen LogP contribution in [-0.2, 0) is 4.79 Å². The number of hydrogen-bond acceptors (Lipinski definition) is 4. The quantitative estimate of drug-likeness (QED) is 0.840. The molecule has 1 aromatic rings. The zero-order valence-corrected chi connectivity index (χ0v) is 12.7. The summed E-state index contributed by atoms with van der Waals surface area (Å²) >= 11 is 0. The number of aromatic nitrogens is 1. The van der Waals surface area contributed by atoms with Crippen molar-refractivity contribution in [1.29, 1.82) is 0 Å². The molecule has 0 saturated carbocycles. The summed E-state index contributed by atoms with van der Waals surface area (Å²) in [7, 11) is 0. The van der Waals surface area contributed by atoms with E-state index in [4.69, 9.17) is 0 Å². The molecule has 0 N–H and O–H groups in total. The van der Waals surface area contributed by atoms with E-state index in [-0.39, 0.29) is 12.5 Å². The summed E-state index contributed by atoms with van der Waals surface area (Å²) in [5, 5.41) is 0. The third kappa shape index (κ3) is 3.74. The van der Waals surface area contributed by atoms with E-state index in [2.05, 4.69) is 9.88 Å². The standard InChI is InChI=1S/C15H19F3N4O/c16-15(17,18)11-22-6-3-13(14(22)23)21-9-7-20(8-10-21)12-1-4-19-5-2-12/h1-2,4-5,13H,3,6-11H2. The molecule has 0 aromatic carbocycles. The summed E-state index contributed by atoms with van der Waals surface area (Å²) in [6.07, 6.45) is -0.386. The second-order valence-electron chi connectivity index (χ2n) is 5.91. The van der Waals surface area contributed by atoms with Gasteiger partial charge in [0, 0.05) is 50.8 Å². The van der Waals surface area contributed by atoms with Crippen molar-refractivity contribution < 1.29 is 18.0 Å². The van der Waals surface area contributed by atoms with Gasteiger partial charge < -0.3 is 9.80 Å². The van der Waals surface area contributed by atoms with E-state index >= 15 is 0 Å². The van der Waals surface area contributed by atoms with E-state index < -0.39 is 18.8 Å². The number of anilines is 1. The van der Waals surface area contributed by atoms with Gasteiger partial charge >= 0.3 is 6.18 Å². The minimum atomic E-state index is -4.33. The Labute approximate surface area is 132 Å². The molecule has 1 amide bonds. The lowest BCUT2D eigenvalue weighted by Crippen LogP contribution is -2.53. The summed E-state index contributed by atoms with van der Waals surface area (Å²) < 4.78 is 37.4. The van der Waals surface area contributed by atoms with Gasteiger partial charge in [-0.05, 0) is 18.6 Å². The molecule has 8 heteroatoms. The van der Waals surface area contributed by atoms with Gasteiger partial charge in [-0.3, -0.25) is 14.7 Å². The van der Waals surface area contributed by atoms with Crippen LogP contribution >= 0.6 is 0 Å². The average Bonchev–Trinajstić information content (AvgIpc) is 2.88. The molecule has 2 aliphatic rings. The Balaban J connectivity index is 1.55. The smallest absolute Gasteiger partial charge is 0.369 e. The minimum Gasteiger partial charge on any atom is -0.369 e. The Bertz CT molecular complexity index is 543. The topological polar surface area (TPSA) is 39.7 Å². The van der Waals surface area contributed by atoms with Crippen LogP contribution in [0.4, 0.5) is 18.9 Å².